The number of non-ortho nitro benzene ring substituents is 1. The van der Waals surface area contributed by atoms with E-state index in [1.807, 2.05) is 12.1 Å². The fraction of sp³-hybridized carbons (Fsp3) is 0.400. The first-order chi connectivity index (χ1) is 13.1. The van der Waals surface area contributed by atoms with E-state index in [0.717, 1.165) is 31.5 Å². The summed E-state index contributed by atoms with van der Waals surface area (Å²) in [6.07, 6.45) is 2.01. The molecule has 4 rings (SSSR count). The third-order valence-corrected chi connectivity index (χ3v) is 5.17. The molecule has 0 bridgehead atoms. The predicted molar refractivity (Wildman–Crippen MR) is 99.5 cm³/mol. The summed E-state index contributed by atoms with van der Waals surface area (Å²) < 4.78 is 11.7. The first-order valence-corrected chi connectivity index (χ1v) is 9.17. The quantitative estimate of drug-likeness (QED) is 0.656. The van der Waals surface area contributed by atoms with Crippen molar-refractivity contribution < 1.29 is 19.5 Å². The van der Waals surface area contributed by atoms with Crippen LogP contribution in [-0.4, -0.2) is 47.3 Å². The summed E-state index contributed by atoms with van der Waals surface area (Å²) in [5, 5.41) is 20.7. The Morgan fingerprint density at radius 3 is 2.93 bits per heavy atom. The lowest BCUT2D eigenvalue weighted by Gasteiger charge is -2.36. The second kappa shape index (κ2) is 7.44. The van der Waals surface area contributed by atoms with Gasteiger partial charge in [-0.1, -0.05) is 12.1 Å². The molecule has 1 saturated heterocycles. The highest BCUT2D eigenvalue weighted by Crippen LogP contribution is 2.35. The van der Waals surface area contributed by atoms with Crippen LogP contribution >= 0.6 is 0 Å². The highest BCUT2D eigenvalue weighted by atomic mass is 16.6. The number of rotatable bonds is 4. The van der Waals surface area contributed by atoms with Gasteiger partial charge in [0.25, 0.3) is 5.69 Å². The van der Waals surface area contributed by atoms with E-state index in [2.05, 4.69) is 11.0 Å². The van der Waals surface area contributed by atoms with Crippen LogP contribution in [0.4, 0.5) is 5.69 Å². The van der Waals surface area contributed by atoms with Gasteiger partial charge in [-0.15, -0.1) is 0 Å². The number of hydrogen-bond acceptors (Lipinski definition) is 6. The van der Waals surface area contributed by atoms with E-state index in [-0.39, 0.29) is 11.8 Å². The number of fused-ring (bicyclic) bond motifs is 1. The summed E-state index contributed by atoms with van der Waals surface area (Å²) in [7, 11) is 0. The maximum Gasteiger partial charge on any atom is 0.273 e. The van der Waals surface area contributed by atoms with E-state index < -0.39 is 4.92 Å². The molecule has 2 heterocycles. The van der Waals surface area contributed by atoms with Crippen LogP contribution in [0, 0.1) is 10.1 Å². The molecule has 0 amide bonds. The number of benzene rings is 2. The van der Waals surface area contributed by atoms with Crippen LogP contribution in [0.15, 0.2) is 42.5 Å². The number of hydrogen-bond donors (Lipinski definition) is 1. The van der Waals surface area contributed by atoms with Gasteiger partial charge in [-0.2, -0.15) is 0 Å². The summed E-state index contributed by atoms with van der Waals surface area (Å²) >= 11 is 0. The molecule has 2 atom stereocenters. The van der Waals surface area contributed by atoms with Crippen molar-refractivity contribution in [3.05, 3.63) is 58.1 Å². The number of ether oxygens (including phenoxy) is 2. The predicted octanol–water partition coefficient (Wildman–Crippen LogP) is 3.32. The van der Waals surface area contributed by atoms with Gasteiger partial charge in [0, 0.05) is 19.2 Å². The first kappa shape index (κ1) is 17.6. The second-order valence-corrected chi connectivity index (χ2v) is 7.13. The zero-order valence-corrected chi connectivity index (χ0v) is 14.9. The zero-order valence-electron chi connectivity index (χ0n) is 14.9. The Bertz CT molecular complexity index is 841. The Morgan fingerprint density at radius 2 is 2.11 bits per heavy atom. The number of likely N-dealkylation sites (tertiary alicyclic amines) is 1. The van der Waals surface area contributed by atoms with E-state index in [1.165, 1.54) is 12.1 Å². The van der Waals surface area contributed by atoms with E-state index in [1.54, 1.807) is 12.1 Å². The molecule has 0 saturated carbocycles. The first-order valence-electron chi connectivity index (χ1n) is 9.17. The van der Waals surface area contributed by atoms with Crippen LogP contribution in [0.25, 0.3) is 0 Å². The SMILES string of the molecule is O=[N+]([O-])c1ccc2c(c1)O[C@@H](CN1CCC[C@H](c3cccc(O)c3)C1)CO2. The van der Waals surface area contributed by atoms with Gasteiger partial charge in [0.2, 0.25) is 0 Å². The lowest BCUT2D eigenvalue weighted by Crippen LogP contribution is -2.44. The van der Waals surface area contributed by atoms with Gasteiger partial charge in [-0.3, -0.25) is 15.0 Å². The van der Waals surface area contributed by atoms with Crippen LogP contribution in [0.3, 0.4) is 0 Å². The lowest BCUT2D eigenvalue weighted by atomic mass is 9.90. The Kier molecular flexibility index (Phi) is 4.85. The molecule has 7 nitrogen and oxygen atoms in total. The number of aromatic hydroxyl groups is 1. The monoisotopic (exact) mass is 370 g/mol. The topological polar surface area (TPSA) is 85.1 Å². The standard InChI is InChI=1S/C20H22N2O5/c23-17-5-1-3-14(9-17)15-4-2-8-21(11-15)12-18-13-26-19-7-6-16(22(24)25)10-20(19)27-18/h1,3,5-7,9-10,15,18,23H,2,4,8,11-13H2/t15-,18-/m0/s1. The minimum atomic E-state index is -0.433. The Hall–Kier alpha value is -2.80. The van der Waals surface area contributed by atoms with E-state index in [9.17, 15) is 15.2 Å². The molecule has 0 unspecified atom stereocenters. The van der Waals surface area contributed by atoms with Crippen molar-refractivity contribution in [1.82, 2.24) is 4.90 Å². The molecule has 1 N–H and O–H groups in total. The van der Waals surface area contributed by atoms with E-state index in [0.29, 0.717) is 36.3 Å². The van der Waals surface area contributed by atoms with Crippen molar-refractivity contribution in [1.29, 1.82) is 0 Å². The van der Waals surface area contributed by atoms with Crippen molar-refractivity contribution >= 4 is 5.69 Å². The maximum atomic E-state index is 11.0. The average molecular weight is 370 g/mol. The second-order valence-electron chi connectivity index (χ2n) is 7.13. The highest BCUT2D eigenvalue weighted by Gasteiger charge is 2.28. The summed E-state index contributed by atoms with van der Waals surface area (Å²) in [6, 6.07) is 11.9. The normalized spacial score (nSPS) is 22.4. The molecule has 0 aromatic heterocycles. The minimum Gasteiger partial charge on any atom is -0.508 e. The summed E-state index contributed by atoms with van der Waals surface area (Å²) in [6.45, 7) is 3.01. The molecule has 0 spiro atoms. The van der Waals surface area contributed by atoms with Gasteiger partial charge in [-0.25, -0.2) is 0 Å². The van der Waals surface area contributed by atoms with Crippen LogP contribution < -0.4 is 9.47 Å². The minimum absolute atomic E-state index is 0.0000724. The molecular weight excluding hydrogens is 348 g/mol. The van der Waals surface area contributed by atoms with Gasteiger partial charge in [-0.05, 0) is 49.1 Å². The van der Waals surface area contributed by atoms with Gasteiger partial charge in [0.1, 0.15) is 18.5 Å². The summed E-state index contributed by atoms with van der Waals surface area (Å²) in [4.78, 5) is 12.9. The van der Waals surface area contributed by atoms with Crippen molar-refractivity contribution in [3.63, 3.8) is 0 Å². The van der Waals surface area contributed by atoms with Crippen molar-refractivity contribution in [3.8, 4) is 17.2 Å². The average Bonchev–Trinajstić information content (AvgIpc) is 2.67. The molecule has 7 heteroatoms. The Morgan fingerprint density at radius 1 is 1.22 bits per heavy atom. The third-order valence-electron chi connectivity index (χ3n) is 5.17. The number of phenols is 1. The van der Waals surface area contributed by atoms with E-state index >= 15 is 0 Å². The Balaban J connectivity index is 1.41. The number of nitro groups is 1. The molecular formula is C20H22N2O5. The molecule has 27 heavy (non-hydrogen) atoms. The molecule has 2 aromatic rings. The Labute approximate surface area is 157 Å². The number of piperidine rings is 1. The van der Waals surface area contributed by atoms with Crippen LogP contribution in [0.5, 0.6) is 17.2 Å². The number of nitrogens with zero attached hydrogens (tertiary/aromatic N) is 2. The van der Waals surface area contributed by atoms with Crippen molar-refractivity contribution in [2.75, 3.05) is 26.2 Å². The molecule has 2 aliphatic rings. The number of phenolic OH excluding ortho intramolecular Hbond substituents is 1. The summed E-state index contributed by atoms with van der Waals surface area (Å²) in [5.74, 6) is 1.66. The molecule has 142 valence electrons. The van der Waals surface area contributed by atoms with Crippen LogP contribution in [0.2, 0.25) is 0 Å². The van der Waals surface area contributed by atoms with Gasteiger partial charge in [0.05, 0.1) is 11.0 Å². The fourth-order valence-electron chi connectivity index (χ4n) is 3.87. The molecule has 1 fully saturated rings. The van der Waals surface area contributed by atoms with Crippen LogP contribution in [-0.2, 0) is 0 Å². The highest BCUT2D eigenvalue weighted by molar-refractivity contribution is 5.49. The molecule has 2 aliphatic heterocycles. The van der Waals surface area contributed by atoms with Gasteiger partial charge in [0.15, 0.2) is 11.5 Å². The fourth-order valence-corrected chi connectivity index (χ4v) is 3.87. The third kappa shape index (κ3) is 3.98. The lowest BCUT2D eigenvalue weighted by molar-refractivity contribution is -0.385. The van der Waals surface area contributed by atoms with E-state index in [4.69, 9.17) is 9.47 Å². The number of nitro benzene ring substituents is 1. The largest absolute Gasteiger partial charge is 0.508 e. The molecule has 2 aromatic carbocycles. The maximum absolute atomic E-state index is 11.0. The van der Waals surface area contributed by atoms with Crippen molar-refractivity contribution in [2.45, 2.75) is 24.9 Å². The zero-order chi connectivity index (χ0) is 18.8. The molecule has 0 aliphatic carbocycles. The van der Waals surface area contributed by atoms with Gasteiger partial charge >= 0.3 is 0 Å². The van der Waals surface area contributed by atoms with Crippen LogP contribution in [0.1, 0.15) is 24.3 Å². The van der Waals surface area contributed by atoms with Gasteiger partial charge < -0.3 is 14.6 Å². The smallest absolute Gasteiger partial charge is 0.273 e. The van der Waals surface area contributed by atoms with Crippen molar-refractivity contribution in [2.24, 2.45) is 0 Å². The summed E-state index contributed by atoms with van der Waals surface area (Å²) in [5.41, 5.74) is 1.15. The molecule has 0 radical (unpaired) electrons.